The van der Waals surface area contributed by atoms with Crippen molar-refractivity contribution in [3.05, 3.63) is 70.8 Å². The Morgan fingerprint density at radius 3 is 2.30 bits per heavy atom. The predicted octanol–water partition coefficient (Wildman–Crippen LogP) is 4.23. The Labute approximate surface area is 118 Å². The molecule has 0 saturated carbocycles. The number of hydrogen-bond donors (Lipinski definition) is 1. The van der Waals surface area contributed by atoms with Gasteiger partial charge in [0.25, 0.3) is 0 Å². The zero-order valence-corrected chi connectivity index (χ0v) is 11.8. The maximum Gasteiger partial charge on any atom is 0.128 e. The molecule has 0 amide bonds. The van der Waals surface area contributed by atoms with Gasteiger partial charge >= 0.3 is 0 Å². The van der Waals surface area contributed by atoms with Crippen molar-refractivity contribution in [1.82, 2.24) is 5.32 Å². The van der Waals surface area contributed by atoms with E-state index in [2.05, 4.69) is 12.2 Å². The molecule has 20 heavy (non-hydrogen) atoms. The van der Waals surface area contributed by atoms with E-state index < -0.39 is 11.6 Å². The topological polar surface area (TPSA) is 12.0 Å². The van der Waals surface area contributed by atoms with Gasteiger partial charge in [-0.3, -0.25) is 0 Å². The van der Waals surface area contributed by atoms with E-state index in [-0.39, 0.29) is 6.04 Å². The van der Waals surface area contributed by atoms with Gasteiger partial charge in [-0.05, 0) is 42.3 Å². The van der Waals surface area contributed by atoms with Crippen molar-refractivity contribution < 1.29 is 8.78 Å². The second kappa shape index (κ2) is 6.62. The zero-order chi connectivity index (χ0) is 14.5. The fourth-order valence-corrected chi connectivity index (χ4v) is 2.29. The molecule has 0 fully saturated rings. The lowest BCUT2D eigenvalue weighted by Crippen LogP contribution is -2.23. The molecule has 2 aromatic carbocycles. The molecule has 1 unspecified atom stereocenters. The van der Waals surface area contributed by atoms with Gasteiger partial charge in [0.15, 0.2) is 0 Å². The van der Waals surface area contributed by atoms with Crippen LogP contribution in [0.15, 0.2) is 42.5 Å². The summed E-state index contributed by atoms with van der Waals surface area (Å²) in [5.41, 5.74) is 2.51. The number of halogens is 2. The summed E-state index contributed by atoms with van der Waals surface area (Å²) in [6.07, 6.45) is 0.959. The van der Waals surface area contributed by atoms with Gasteiger partial charge in [-0.1, -0.05) is 38.1 Å². The minimum atomic E-state index is -0.422. The minimum Gasteiger partial charge on any atom is -0.306 e. The Hall–Kier alpha value is -1.74. The van der Waals surface area contributed by atoms with Crippen molar-refractivity contribution in [1.29, 1.82) is 0 Å². The summed E-state index contributed by atoms with van der Waals surface area (Å²) in [6, 6.07) is 11.2. The van der Waals surface area contributed by atoms with E-state index in [1.165, 1.54) is 17.7 Å². The first-order valence-corrected chi connectivity index (χ1v) is 6.92. The Morgan fingerprint density at radius 1 is 1.00 bits per heavy atom. The standard InChI is InChI=1S/C17H19F2N/c1-3-12-5-7-13(8-6-12)17(20-4-2)15-11-14(18)9-10-16(15)19/h5-11,17,20H,3-4H2,1-2H3. The van der Waals surface area contributed by atoms with Crippen LogP contribution in [0.4, 0.5) is 8.78 Å². The minimum absolute atomic E-state index is 0.332. The third kappa shape index (κ3) is 3.23. The van der Waals surface area contributed by atoms with Crippen LogP contribution in [0.2, 0.25) is 0 Å². The molecule has 0 bridgehead atoms. The molecule has 0 saturated heterocycles. The van der Waals surface area contributed by atoms with Crippen LogP contribution in [-0.4, -0.2) is 6.54 Å². The highest BCUT2D eigenvalue weighted by atomic mass is 19.1. The number of nitrogens with one attached hydrogen (secondary N) is 1. The molecule has 0 aliphatic carbocycles. The average Bonchev–Trinajstić information content (AvgIpc) is 2.48. The van der Waals surface area contributed by atoms with E-state index in [1.807, 2.05) is 31.2 Å². The van der Waals surface area contributed by atoms with Crippen LogP contribution in [0.25, 0.3) is 0 Å². The summed E-state index contributed by atoms with van der Waals surface area (Å²) in [5.74, 6) is -0.814. The van der Waals surface area contributed by atoms with Crippen LogP contribution >= 0.6 is 0 Å². The highest BCUT2D eigenvalue weighted by molar-refractivity contribution is 5.34. The first kappa shape index (κ1) is 14.7. The van der Waals surface area contributed by atoms with Crippen LogP contribution in [0.3, 0.4) is 0 Å². The van der Waals surface area contributed by atoms with Gasteiger partial charge < -0.3 is 5.32 Å². The Kier molecular flexibility index (Phi) is 4.85. The van der Waals surface area contributed by atoms with Crippen LogP contribution in [0.1, 0.15) is 36.6 Å². The van der Waals surface area contributed by atoms with Crippen LogP contribution < -0.4 is 5.32 Å². The molecule has 0 spiro atoms. The summed E-state index contributed by atoms with van der Waals surface area (Å²) < 4.78 is 27.4. The summed E-state index contributed by atoms with van der Waals surface area (Å²) in [4.78, 5) is 0. The normalized spacial score (nSPS) is 12.4. The highest BCUT2D eigenvalue weighted by Gasteiger charge is 2.17. The zero-order valence-electron chi connectivity index (χ0n) is 11.8. The summed E-state index contributed by atoms with van der Waals surface area (Å²) in [7, 11) is 0. The van der Waals surface area contributed by atoms with E-state index in [9.17, 15) is 8.78 Å². The monoisotopic (exact) mass is 275 g/mol. The van der Waals surface area contributed by atoms with Crippen molar-refractivity contribution in [2.75, 3.05) is 6.54 Å². The fourth-order valence-electron chi connectivity index (χ4n) is 2.29. The molecule has 0 radical (unpaired) electrons. The van der Waals surface area contributed by atoms with Crippen molar-refractivity contribution in [3.63, 3.8) is 0 Å². The third-order valence-electron chi connectivity index (χ3n) is 3.40. The Morgan fingerprint density at radius 2 is 1.70 bits per heavy atom. The number of rotatable bonds is 5. The summed E-state index contributed by atoms with van der Waals surface area (Å²) in [6.45, 7) is 4.71. The van der Waals surface area contributed by atoms with E-state index >= 15 is 0 Å². The van der Waals surface area contributed by atoms with Gasteiger partial charge in [-0.2, -0.15) is 0 Å². The second-order valence-electron chi connectivity index (χ2n) is 4.75. The molecule has 0 heterocycles. The maximum absolute atomic E-state index is 14.0. The number of aryl methyl sites for hydroxylation is 1. The summed E-state index contributed by atoms with van der Waals surface area (Å²) in [5, 5.41) is 3.21. The first-order chi connectivity index (χ1) is 9.65. The van der Waals surface area contributed by atoms with Crippen LogP contribution in [0, 0.1) is 11.6 Å². The largest absolute Gasteiger partial charge is 0.306 e. The summed E-state index contributed by atoms with van der Waals surface area (Å²) >= 11 is 0. The van der Waals surface area contributed by atoms with Crippen molar-refractivity contribution in [2.45, 2.75) is 26.3 Å². The predicted molar refractivity (Wildman–Crippen MR) is 77.7 cm³/mol. The van der Waals surface area contributed by atoms with Gasteiger partial charge in [0.1, 0.15) is 11.6 Å². The average molecular weight is 275 g/mol. The SMILES string of the molecule is CCNC(c1ccc(CC)cc1)c1cc(F)ccc1F. The molecule has 2 aromatic rings. The molecular formula is C17H19F2N. The molecule has 1 atom stereocenters. The van der Waals surface area contributed by atoms with Crippen molar-refractivity contribution in [2.24, 2.45) is 0 Å². The Bertz CT molecular complexity index is 564. The second-order valence-corrected chi connectivity index (χ2v) is 4.75. The van der Waals surface area contributed by atoms with E-state index in [4.69, 9.17) is 0 Å². The van der Waals surface area contributed by atoms with Crippen molar-refractivity contribution >= 4 is 0 Å². The molecule has 2 rings (SSSR count). The lowest BCUT2D eigenvalue weighted by molar-refractivity contribution is 0.545. The van der Waals surface area contributed by atoms with Gasteiger partial charge in [-0.25, -0.2) is 8.78 Å². The molecule has 3 heteroatoms. The van der Waals surface area contributed by atoms with E-state index in [0.717, 1.165) is 18.1 Å². The number of hydrogen-bond acceptors (Lipinski definition) is 1. The number of benzene rings is 2. The third-order valence-corrected chi connectivity index (χ3v) is 3.40. The van der Waals surface area contributed by atoms with Gasteiger partial charge in [0.2, 0.25) is 0 Å². The fraction of sp³-hybridized carbons (Fsp3) is 0.294. The lowest BCUT2D eigenvalue weighted by Gasteiger charge is -2.20. The maximum atomic E-state index is 14.0. The molecule has 106 valence electrons. The van der Waals surface area contributed by atoms with Gasteiger partial charge in [-0.15, -0.1) is 0 Å². The molecule has 1 nitrogen and oxygen atoms in total. The highest BCUT2D eigenvalue weighted by Crippen LogP contribution is 2.25. The quantitative estimate of drug-likeness (QED) is 0.861. The molecule has 0 aliphatic heterocycles. The molecular weight excluding hydrogens is 256 g/mol. The van der Waals surface area contributed by atoms with E-state index in [0.29, 0.717) is 12.1 Å². The van der Waals surface area contributed by atoms with E-state index in [1.54, 1.807) is 0 Å². The van der Waals surface area contributed by atoms with Gasteiger partial charge in [0, 0.05) is 5.56 Å². The Balaban J connectivity index is 2.41. The van der Waals surface area contributed by atoms with Gasteiger partial charge in [0.05, 0.1) is 6.04 Å². The van der Waals surface area contributed by atoms with Crippen molar-refractivity contribution in [3.8, 4) is 0 Å². The molecule has 0 aromatic heterocycles. The van der Waals surface area contributed by atoms with Crippen LogP contribution in [0.5, 0.6) is 0 Å². The van der Waals surface area contributed by atoms with Crippen LogP contribution in [-0.2, 0) is 6.42 Å². The first-order valence-electron chi connectivity index (χ1n) is 6.92. The smallest absolute Gasteiger partial charge is 0.128 e. The molecule has 1 N–H and O–H groups in total. The lowest BCUT2D eigenvalue weighted by atomic mass is 9.96. The molecule has 0 aliphatic rings.